The fraction of sp³-hybridized carbons (Fsp3) is 0.300. The van der Waals surface area contributed by atoms with Gasteiger partial charge in [0.05, 0.1) is 12.1 Å². The number of rotatable bonds is 6. The van der Waals surface area contributed by atoms with Gasteiger partial charge in [0.2, 0.25) is 0 Å². The van der Waals surface area contributed by atoms with Crippen LogP contribution in [0.4, 0.5) is 4.79 Å². The second-order valence-corrected chi connectivity index (χ2v) is 6.81. The predicted molar refractivity (Wildman–Crippen MR) is 107 cm³/mol. The Bertz CT molecular complexity index is 978. The van der Waals surface area contributed by atoms with E-state index < -0.39 is 0 Å². The van der Waals surface area contributed by atoms with Gasteiger partial charge < -0.3 is 15.5 Å². The van der Waals surface area contributed by atoms with E-state index in [-0.39, 0.29) is 11.9 Å². The van der Waals surface area contributed by atoms with Crippen molar-refractivity contribution in [3.05, 3.63) is 59.2 Å². The number of carbonyl (C=O) groups excluding carboxylic acids is 2. The maximum atomic E-state index is 12.0. The summed E-state index contributed by atoms with van der Waals surface area (Å²) in [5.74, 6) is -0.0802. The summed E-state index contributed by atoms with van der Waals surface area (Å²) in [5, 5.41) is 13.9. The molecule has 2 N–H and O–H groups in total. The molecule has 1 aromatic heterocycles. The van der Waals surface area contributed by atoms with Crippen molar-refractivity contribution in [3.8, 4) is 0 Å². The maximum absolute atomic E-state index is 12.0. The number of nitrogens with zero attached hydrogens (tertiary/aromatic N) is 4. The molecule has 2 aromatic carbocycles. The number of aromatic nitrogens is 3. The number of urea groups is 1. The first kappa shape index (κ1) is 19.3. The lowest BCUT2D eigenvalue weighted by Crippen LogP contribution is -2.36. The van der Waals surface area contributed by atoms with Crippen LogP contribution >= 0.6 is 0 Å². The van der Waals surface area contributed by atoms with Gasteiger partial charge in [0.1, 0.15) is 5.52 Å². The van der Waals surface area contributed by atoms with Gasteiger partial charge in [-0.25, -0.2) is 9.48 Å². The first-order chi connectivity index (χ1) is 13.4. The van der Waals surface area contributed by atoms with Gasteiger partial charge in [-0.3, -0.25) is 4.79 Å². The van der Waals surface area contributed by atoms with Crippen LogP contribution in [0.15, 0.2) is 42.5 Å². The molecule has 0 saturated carbocycles. The Morgan fingerprint density at radius 2 is 1.82 bits per heavy atom. The first-order valence-electron chi connectivity index (χ1n) is 9.06. The molecule has 0 aliphatic heterocycles. The molecule has 0 aliphatic rings. The number of aryl methyl sites for hydroxylation is 1. The van der Waals surface area contributed by atoms with Gasteiger partial charge in [0, 0.05) is 32.7 Å². The molecule has 0 unspecified atom stereocenters. The van der Waals surface area contributed by atoms with Gasteiger partial charge in [-0.1, -0.05) is 35.0 Å². The third-order valence-corrected chi connectivity index (χ3v) is 4.35. The number of hydrogen-bond acceptors (Lipinski definition) is 4. The van der Waals surface area contributed by atoms with E-state index in [4.69, 9.17) is 0 Å². The third kappa shape index (κ3) is 4.64. The molecule has 146 valence electrons. The van der Waals surface area contributed by atoms with Gasteiger partial charge in [-0.15, -0.1) is 5.10 Å². The van der Waals surface area contributed by atoms with Crippen LogP contribution in [-0.4, -0.2) is 52.5 Å². The normalized spacial score (nSPS) is 10.7. The Balaban J connectivity index is 1.51. The van der Waals surface area contributed by atoms with Crippen LogP contribution in [0.2, 0.25) is 0 Å². The summed E-state index contributed by atoms with van der Waals surface area (Å²) in [6.07, 6.45) is 0. The maximum Gasteiger partial charge on any atom is 0.315 e. The van der Waals surface area contributed by atoms with Gasteiger partial charge in [-0.05, 0) is 30.7 Å². The summed E-state index contributed by atoms with van der Waals surface area (Å²) >= 11 is 0. The number of carbonyl (C=O) groups is 2. The van der Waals surface area contributed by atoms with Gasteiger partial charge in [0.15, 0.2) is 0 Å². The van der Waals surface area contributed by atoms with Crippen molar-refractivity contribution in [2.24, 2.45) is 0 Å². The topological polar surface area (TPSA) is 92.1 Å². The first-order valence-corrected chi connectivity index (χ1v) is 9.06. The van der Waals surface area contributed by atoms with Crippen molar-refractivity contribution in [1.29, 1.82) is 0 Å². The van der Waals surface area contributed by atoms with Crippen molar-refractivity contribution in [2.75, 3.05) is 20.6 Å². The van der Waals surface area contributed by atoms with E-state index in [2.05, 4.69) is 20.9 Å². The van der Waals surface area contributed by atoms with Gasteiger partial charge >= 0.3 is 6.03 Å². The number of fused-ring (bicyclic) bond motifs is 1. The second-order valence-electron chi connectivity index (χ2n) is 6.81. The SMILES string of the molecule is Cc1ccc(CNC(=O)NCCn2nnc3cc(C(=O)N(C)C)ccc32)cc1. The molecule has 0 bridgehead atoms. The monoisotopic (exact) mass is 380 g/mol. The summed E-state index contributed by atoms with van der Waals surface area (Å²) < 4.78 is 1.71. The fourth-order valence-electron chi connectivity index (χ4n) is 2.75. The summed E-state index contributed by atoms with van der Waals surface area (Å²) in [5.41, 5.74) is 4.27. The van der Waals surface area contributed by atoms with E-state index in [1.807, 2.05) is 37.3 Å². The Morgan fingerprint density at radius 3 is 2.54 bits per heavy atom. The Morgan fingerprint density at radius 1 is 1.07 bits per heavy atom. The quantitative estimate of drug-likeness (QED) is 0.684. The largest absolute Gasteiger partial charge is 0.345 e. The Hall–Kier alpha value is -3.42. The molecule has 3 amide bonds. The highest BCUT2D eigenvalue weighted by Gasteiger charge is 2.11. The molecular formula is C20H24N6O2. The molecule has 0 fully saturated rings. The van der Waals surface area contributed by atoms with Crippen molar-refractivity contribution in [2.45, 2.75) is 20.0 Å². The van der Waals surface area contributed by atoms with Crippen LogP contribution in [0.1, 0.15) is 21.5 Å². The van der Waals surface area contributed by atoms with Crippen LogP contribution in [0.5, 0.6) is 0 Å². The van der Waals surface area contributed by atoms with Gasteiger partial charge in [0.25, 0.3) is 5.91 Å². The Kier molecular flexibility index (Phi) is 5.88. The van der Waals surface area contributed by atoms with Crippen LogP contribution in [0.25, 0.3) is 11.0 Å². The molecule has 3 aromatic rings. The van der Waals surface area contributed by atoms with E-state index in [1.54, 1.807) is 30.9 Å². The molecular weight excluding hydrogens is 356 g/mol. The van der Waals surface area contributed by atoms with Crippen molar-refractivity contribution >= 4 is 23.0 Å². The lowest BCUT2D eigenvalue weighted by Gasteiger charge is -2.10. The average Bonchev–Trinajstić information content (AvgIpc) is 3.09. The lowest BCUT2D eigenvalue weighted by atomic mass is 10.1. The van der Waals surface area contributed by atoms with Crippen molar-refractivity contribution in [1.82, 2.24) is 30.5 Å². The number of amides is 3. The van der Waals surface area contributed by atoms with Crippen LogP contribution < -0.4 is 10.6 Å². The predicted octanol–water partition coefficient (Wildman–Crippen LogP) is 1.94. The zero-order valence-corrected chi connectivity index (χ0v) is 16.3. The molecule has 0 radical (unpaired) electrons. The van der Waals surface area contributed by atoms with E-state index >= 15 is 0 Å². The highest BCUT2D eigenvalue weighted by atomic mass is 16.2. The summed E-state index contributed by atoms with van der Waals surface area (Å²) in [7, 11) is 3.41. The summed E-state index contributed by atoms with van der Waals surface area (Å²) in [6, 6.07) is 13.1. The highest BCUT2D eigenvalue weighted by Crippen LogP contribution is 2.14. The van der Waals surface area contributed by atoms with Crippen molar-refractivity contribution < 1.29 is 9.59 Å². The van der Waals surface area contributed by atoms with E-state index in [0.29, 0.717) is 30.7 Å². The standard InChI is InChI=1S/C20H24N6O2/c1-14-4-6-15(7-5-14)13-22-20(28)21-10-11-26-18-9-8-16(19(27)25(2)3)12-17(18)23-24-26/h4-9,12H,10-11,13H2,1-3H3,(H2,21,22,28). The van der Waals surface area contributed by atoms with Crippen molar-refractivity contribution in [3.63, 3.8) is 0 Å². The molecule has 0 spiro atoms. The van der Waals surface area contributed by atoms with Crippen LogP contribution in [0, 0.1) is 6.92 Å². The Labute approximate surface area is 163 Å². The van der Waals surface area contributed by atoms with Gasteiger partial charge in [-0.2, -0.15) is 0 Å². The number of benzene rings is 2. The average molecular weight is 380 g/mol. The molecule has 0 atom stereocenters. The number of nitrogens with one attached hydrogen (secondary N) is 2. The molecule has 28 heavy (non-hydrogen) atoms. The molecule has 1 heterocycles. The summed E-state index contributed by atoms with van der Waals surface area (Å²) in [4.78, 5) is 25.5. The third-order valence-electron chi connectivity index (χ3n) is 4.35. The van der Waals surface area contributed by atoms with E-state index in [1.165, 1.54) is 10.5 Å². The lowest BCUT2D eigenvalue weighted by molar-refractivity contribution is 0.0827. The molecule has 8 heteroatoms. The minimum atomic E-state index is -0.233. The molecule has 0 saturated heterocycles. The molecule has 8 nitrogen and oxygen atoms in total. The van der Waals surface area contributed by atoms with E-state index in [0.717, 1.165) is 11.1 Å². The summed E-state index contributed by atoms with van der Waals surface area (Å²) in [6.45, 7) is 3.39. The zero-order valence-electron chi connectivity index (χ0n) is 16.3. The molecule has 3 rings (SSSR count). The highest BCUT2D eigenvalue weighted by molar-refractivity contribution is 5.97. The fourth-order valence-corrected chi connectivity index (χ4v) is 2.75. The van der Waals surface area contributed by atoms with E-state index in [9.17, 15) is 9.59 Å². The minimum Gasteiger partial charge on any atom is -0.345 e. The smallest absolute Gasteiger partial charge is 0.315 e. The molecule has 0 aliphatic carbocycles. The minimum absolute atomic E-state index is 0.0802. The van der Waals surface area contributed by atoms with Crippen LogP contribution in [0.3, 0.4) is 0 Å². The van der Waals surface area contributed by atoms with Crippen LogP contribution in [-0.2, 0) is 13.1 Å². The number of hydrogen-bond donors (Lipinski definition) is 2. The zero-order chi connectivity index (χ0) is 20.1. The second kappa shape index (κ2) is 8.51.